The molecule has 7 heteroatoms. The van der Waals surface area contributed by atoms with Gasteiger partial charge in [0.25, 0.3) is 0 Å². The molecule has 5 nitrogen and oxygen atoms in total. The minimum atomic E-state index is -4.29. The first kappa shape index (κ1) is 22.3. The maximum atomic E-state index is 14.2. The fourth-order valence-electron chi connectivity index (χ4n) is 2.60. The number of rotatable bonds is 9. The third kappa shape index (κ3) is 5.31. The SMILES string of the molecule is CCC(C)(CC)Oc1ccc(C(=O)OC(c2ccccc2)C(F)(F)C(=O)O)cc1. The number of carbonyl (C=O) groups is 2. The Morgan fingerprint density at radius 2 is 1.55 bits per heavy atom. The third-order valence-electron chi connectivity index (χ3n) is 4.89. The molecule has 0 amide bonds. The molecule has 29 heavy (non-hydrogen) atoms. The van der Waals surface area contributed by atoms with Crippen molar-refractivity contribution in [2.45, 2.75) is 51.2 Å². The lowest BCUT2D eigenvalue weighted by Crippen LogP contribution is -2.38. The van der Waals surface area contributed by atoms with Crippen LogP contribution in [0.3, 0.4) is 0 Å². The van der Waals surface area contributed by atoms with Gasteiger partial charge in [-0.25, -0.2) is 9.59 Å². The quantitative estimate of drug-likeness (QED) is 0.575. The van der Waals surface area contributed by atoms with E-state index >= 15 is 0 Å². The normalized spacial score (nSPS) is 12.9. The Balaban J connectivity index is 2.23. The predicted octanol–water partition coefficient (Wildman–Crippen LogP) is 5.26. The van der Waals surface area contributed by atoms with Crippen LogP contribution in [-0.4, -0.2) is 28.6 Å². The Morgan fingerprint density at radius 3 is 2.03 bits per heavy atom. The molecule has 0 fully saturated rings. The Labute approximate surface area is 168 Å². The molecule has 2 aromatic rings. The second kappa shape index (κ2) is 9.03. The summed E-state index contributed by atoms with van der Waals surface area (Å²) in [7, 11) is 0. The first-order valence-electron chi connectivity index (χ1n) is 9.29. The first-order chi connectivity index (χ1) is 13.6. The molecule has 0 aliphatic heterocycles. The summed E-state index contributed by atoms with van der Waals surface area (Å²) in [5, 5.41) is 8.89. The fraction of sp³-hybridized carbons (Fsp3) is 0.364. The van der Waals surface area contributed by atoms with Crippen molar-refractivity contribution in [1.82, 2.24) is 0 Å². The number of carbonyl (C=O) groups excluding carboxylic acids is 1. The highest BCUT2D eigenvalue weighted by atomic mass is 19.3. The number of carboxylic acid groups (broad SMARTS) is 1. The van der Waals surface area contributed by atoms with E-state index in [0.717, 1.165) is 12.8 Å². The van der Waals surface area contributed by atoms with Crippen molar-refractivity contribution in [2.24, 2.45) is 0 Å². The summed E-state index contributed by atoms with van der Waals surface area (Å²) in [5.41, 5.74) is -0.465. The highest BCUT2D eigenvalue weighted by Crippen LogP contribution is 2.36. The molecule has 0 saturated carbocycles. The molecule has 1 N–H and O–H groups in total. The van der Waals surface area contributed by atoms with Crippen LogP contribution >= 0.6 is 0 Å². The van der Waals surface area contributed by atoms with Gasteiger partial charge in [-0.05, 0) is 49.6 Å². The van der Waals surface area contributed by atoms with Gasteiger partial charge < -0.3 is 14.6 Å². The third-order valence-corrected chi connectivity index (χ3v) is 4.89. The van der Waals surface area contributed by atoms with Crippen molar-refractivity contribution in [3.63, 3.8) is 0 Å². The Bertz CT molecular complexity index is 830. The van der Waals surface area contributed by atoms with E-state index in [0.29, 0.717) is 5.75 Å². The van der Waals surface area contributed by atoms with Gasteiger partial charge in [0.05, 0.1) is 5.56 Å². The minimum Gasteiger partial charge on any atom is -0.488 e. The van der Waals surface area contributed by atoms with Crippen LogP contribution in [0.1, 0.15) is 55.6 Å². The lowest BCUT2D eigenvalue weighted by atomic mass is 10.00. The van der Waals surface area contributed by atoms with Gasteiger partial charge in [0.1, 0.15) is 11.4 Å². The zero-order valence-corrected chi connectivity index (χ0v) is 16.5. The number of alkyl halides is 2. The van der Waals surface area contributed by atoms with E-state index in [1.54, 1.807) is 18.2 Å². The van der Waals surface area contributed by atoms with Crippen LogP contribution in [-0.2, 0) is 9.53 Å². The van der Waals surface area contributed by atoms with Gasteiger partial charge in [-0.1, -0.05) is 44.2 Å². The van der Waals surface area contributed by atoms with Crippen LogP contribution in [0.5, 0.6) is 5.75 Å². The molecule has 2 rings (SSSR count). The van der Waals surface area contributed by atoms with Crippen LogP contribution in [0.4, 0.5) is 8.78 Å². The number of ether oxygens (including phenoxy) is 2. The number of hydrogen-bond donors (Lipinski definition) is 1. The van der Waals surface area contributed by atoms with Gasteiger partial charge >= 0.3 is 17.9 Å². The first-order valence-corrected chi connectivity index (χ1v) is 9.29. The van der Waals surface area contributed by atoms with Crippen molar-refractivity contribution in [3.05, 3.63) is 65.7 Å². The number of esters is 1. The fourth-order valence-corrected chi connectivity index (χ4v) is 2.60. The molecule has 0 aliphatic carbocycles. The van der Waals surface area contributed by atoms with E-state index in [4.69, 9.17) is 14.6 Å². The van der Waals surface area contributed by atoms with Crippen molar-refractivity contribution in [2.75, 3.05) is 0 Å². The summed E-state index contributed by atoms with van der Waals surface area (Å²) < 4.78 is 39.2. The molecule has 0 saturated heterocycles. The summed E-state index contributed by atoms with van der Waals surface area (Å²) in [6, 6.07) is 12.9. The van der Waals surface area contributed by atoms with Crippen molar-refractivity contribution in [1.29, 1.82) is 0 Å². The van der Waals surface area contributed by atoms with Crippen molar-refractivity contribution < 1.29 is 33.0 Å². The molecule has 0 aliphatic rings. The van der Waals surface area contributed by atoms with Gasteiger partial charge in [0, 0.05) is 0 Å². The second-order valence-corrected chi connectivity index (χ2v) is 6.91. The summed E-state index contributed by atoms with van der Waals surface area (Å²) in [5.74, 6) is -7.19. The summed E-state index contributed by atoms with van der Waals surface area (Å²) >= 11 is 0. The maximum Gasteiger partial charge on any atom is 0.382 e. The zero-order chi connectivity index (χ0) is 21.7. The summed E-state index contributed by atoms with van der Waals surface area (Å²) in [6.07, 6.45) is -0.680. The molecule has 0 radical (unpaired) electrons. The van der Waals surface area contributed by atoms with Gasteiger partial charge in [-0.3, -0.25) is 0 Å². The van der Waals surface area contributed by atoms with Gasteiger partial charge in [0.15, 0.2) is 0 Å². The topological polar surface area (TPSA) is 72.8 Å². The summed E-state index contributed by atoms with van der Waals surface area (Å²) in [6.45, 7) is 5.97. The van der Waals surface area contributed by atoms with Crippen LogP contribution < -0.4 is 4.74 Å². The zero-order valence-electron chi connectivity index (χ0n) is 16.5. The lowest BCUT2D eigenvalue weighted by Gasteiger charge is -2.28. The van der Waals surface area contributed by atoms with E-state index in [2.05, 4.69) is 0 Å². The molecule has 0 spiro atoms. The molecule has 0 heterocycles. The largest absolute Gasteiger partial charge is 0.488 e. The van der Waals surface area contributed by atoms with Crippen LogP contribution in [0, 0.1) is 0 Å². The van der Waals surface area contributed by atoms with Gasteiger partial charge in [0.2, 0.25) is 6.10 Å². The molecule has 1 unspecified atom stereocenters. The minimum absolute atomic E-state index is 0.00849. The number of halogens is 2. The lowest BCUT2D eigenvalue weighted by molar-refractivity contribution is -0.183. The van der Waals surface area contributed by atoms with E-state index in [1.807, 2.05) is 20.8 Å². The van der Waals surface area contributed by atoms with Crippen molar-refractivity contribution in [3.8, 4) is 5.75 Å². The van der Waals surface area contributed by atoms with Gasteiger partial charge in [-0.15, -0.1) is 0 Å². The van der Waals surface area contributed by atoms with E-state index < -0.39 is 24.0 Å². The average Bonchev–Trinajstić information content (AvgIpc) is 2.72. The van der Waals surface area contributed by atoms with E-state index in [9.17, 15) is 18.4 Å². The molecular weight excluding hydrogens is 382 g/mol. The molecule has 1 atom stereocenters. The Hall–Kier alpha value is -2.96. The second-order valence-electron chi connectivity index (χ2n) is 6.91. The van der Waals surface area contributed by atoms with Crippen molar-refractivity contribution >= 4 is 11.9 Å². The molecule has 0 aromatic heterocycles. The molecule has 2 aromatic carbocycles. The van der Waals surface area contributed by atoms with Crippen LogP contribution in [0.2, 0.25) is 0 Å². The highest BCUT2D eigenvalue weighted by Gasteiger charge is 2.51. The van der Waals surface area contributed by atoms with Crippen LogP contribution in [0.15, 0.2) is 54.6 Å². The van der Waals surface area contributed by atoms with Crippen LogP contribution in [0.25, 0.3) is 0 Å². The molecule has 156 valence electrons. The number of carboxylic acids is 1. The highest BCUT2D eigenvalue weighted by molar-refractivity contribution is 5.90. The number of aliphatic carboxylic acids is 1. The Morgan fingerprint density at radius 1 is 1.00 bits per heavy atom. The van der Waals surface area contributed by atoms with E-state index in [1.165, 1.54) is 36.4 Å². The maximum absolute atomic E-state index is 14.2. The average molecular weight is 406 g/mol. The number of benzene rings is 2. The standard InChI is InChI=1S/C22H24F2O5/c1-4-21(3,5-2)29-17-13-11-16(12-14-17)19(25)28-18(22(23,24)20(26)27)15-9-7-6-8-10-15/h6-14,18H,4-5H2,1-3H3,(H,26,27). The van der Waals surface area contributed by atoms with Gasteiger partial charge in [-0.2, -0.15) is 8.78 Å². The van der Waals surface area contributed by atoms with E-state index in [-0.39, 0.29) is 16.7 Å². The molecule has 0 bridgehead atoms. The summed E-state index contributed by atoms with van der Waals surface area (Å²) in [4.78, 5) is 23.4. The Kier molecular flexibility index (Phi) is 6.95. The number of hydrogen-bond acceptors (Lipinski definition) is 4. The predicted molar refractivity (Wildman–Crippen MR) is 103 cm³/mol. The monoisotopic (exact) mass is 406 g/mol. The smallest absolute Gasteiger partial charge is 0.382 e. The molecular formula is C22H24F2O5.